The second-order valence-corrected chi connectivity index (χ2v) is 26.8. The van der Waals surface area contributed by atoms with Gasteiger partial charge in [-0.3, -0.25) is 9.80 Å². The van der Waals surface area contributed by atoms with Crippen LogP contribution in [0.5, 0.6) is 0 Å². The van der Waals surface area contributed by atoms with Crippen molar-refractivity contribution in [3.63, 3.8) is 0 Å². The minimum atomic E-state index is -0.822. The molecule has 4 aliphatic rings. The molecule has 0 saturated carbocycles. The van der Waals surface area contributed by atoms with Gasteiger partial charge in [0, 0.05) is 54.9 Å². The van der Waals surface area contributed by atoms with E-state index in [1.165, 1.54) is 11.1 Å². The van der Waals surface area contributed by atoms with E-state index in [0.29, 0.717) is 35.2 Å². The summed E-state index contributed by atoms with van der Waals surface area (Å²) in [7, 11) is 0. The van der Waals surface area contributed by atoms with Crippen LogP contribution in [0.3, 0.4) is 0 Å². The van der Waals surface area contributed by atoms with E-state index in [1.807, 2.05) is 0 Å². The van der Waals surface area contributed by atoms with Crippen molar-refractivity contribution < 1.29 is 0 Å². The van der Waals surface area contributed by atoms with Gasteiger partial charge in [0.2, 0.25) is 11.9 Å². The lowest BCUT2D eigenvalue weighted by atomic mass is 9.70. The second kappa shape index (κ2) is 22.7. The number of allylic oxidation sites excluding steroid dienone is 4. The molecule has 4 aromatic heterocycles. The Hall–Kier alpha value is -13.7. The lowest BCUT2D eigenvalue weighted by Gasteiger charge is -2.32. The number of para-hydroxylation sites is 4. The fraction of sp³-hybridized carbons (Fsp3) is 0.0323. The maximum Gasteiger partial charge on any atom is 0.238 e. The number of pyridine rings is 2. The Kier molecular flexibility index (Phi) is 12.8. The summed E-state index contributed by atoms with van der Waals surface area (Å²) in [5, 5.41) is 6.47. The zero-order chi connectivity index (χ0) is 68.0. The maximum atomic E-state index is 5.69. The third kappa shape index (κ3) is 8.68. The molecule has 0 N–H and O–H groups in total. The smallest absolute Gasteiger partial charge is 0.238 e. The van der Waals surface area contributed by atoms with Crippen LogP contribution >= 0.6 is 0 Å². The van der Waals surface area contributed by atoms with Crippen LogP contribution in [-0.2, 0) is 5.41 Å². The zero-order valence-electron chi connectivity index (χ0n) is 56.0. The minimum absolute atomic E-state index is 0.491. The van der Waals surface area contributed by atoms with Gasteiger partial charge in [0.05, 0.1) is 50.6 Å². The highest BCUT2D eigenvalue weighted by atomic mass is 15.3. The average Bonchev–Trinajstić information content (AvgIpc) is 1.53. The van der Waals surface area contributed by atoms with Crippen LogP contribution in [-0.4, -0.2) is 39.9 Å². The number of hydrogen-bond donors (Lipinski definition) is 0. The predicted octanol–water partition coefficient (Wildman–Crippen LogP) is 23.0. The first-order valence-corrected chi connectivity index (χ1v) is 35.0. The van der Waals surface area contributed by atoms with Crippen molar-refractivity contribution in [3.05, 3.63) is 343 Å². The van der Waals surface area contributed by atoms with Gasteiger partial charge in [-0.1, -0.05) is 255 Å². The van der Waals surface area contributed by atoms with Crippen LogP contribution in [0.15, 0.2) is 315 Å². The molecule has 0 amide bonds. The van der Waals surface area contributed by atoms with Crippen molar-refractivity contribution in [3.8, 4) is 101 Å². The first-order valence-electron chi connectivity index (χ1n) is 35.0. The van der Waals surface area contributed by atoms with E-state index in [4.69, 9.17) is 39.9 Å². The number of hydrogen-bond acceptors (Lipinski definition) is 10. The van der Waals surface area contributed by atoms with Crippen LogP contribution in [0.2, 0.25) is 0 Å². The summed E-state index contributed by atoms with van der Waals surface area (Å²) >= 11 is 0. The SMILES string of the molecule is C/C=C\C(=C/C)c1cccc(-c2nc(-c3ccc4c(c3)C3(c5ccccc5-4)c4ccccc4-c4ccc(-c5nc(-c6cccc(-c7ccccc7)c6)nc(N6c7ccccc7-c7nc8ccccc8c8cccc6c78)n5)cc43)nc(N3c4ccccc4-c4nc5ccccc5c5cccc3c45)n2)c1. The Bertz CT molecular complexity index is 6560. The Morgan fingerprint density at radius 2 is 0.689 bits per heavy atom. The standard InChI is InChI=1S/C93H58N10/c1-3-24-55(4-2)57-27-20-29-59(51-57)87-96-89(100-91(98-87)102-79-43-18-12-35-71(79)85-83-69(37-22-45-81(83)102)67-33-10-16-41-77(67)94-85)61-47-49-65-63-31-8-14-39-73(63)93(75(65)53-61)74-40-15-9-32-64(74)66-50-48-62(54-76(66)93)90-97-88(60-30-21-28-58(52-60)56-25-6-5-7-26-56)99-92(101-90)103-80-44-19-13-36-72(80)86-84-70(38-23-46-82(84)103)68-34-11-17-42-78(68)95-86/h3-54H,1-2H3/b24-3-,55-4+. The molecule has 0 bridgehead atoms. The van der Waals surface area contributed by atoms with Gasteiger partial charge in [0.1, 0.15) is 0 Å². The highest BCUT2D eigenvalue weighted by Crippen LogP contribution is 2.64. The van der Waals surface area contributed by atoms with Gasteiger partial charge >= 0.3 is 0 Å². The first kappa shape index (κ1) is 58.3. The van der Waals surface area contributed by atoms with Crippen LogP contribution < -0.4 is 9.80 Å². The normalized spacial score (nSPS) is 14.3. The lowest BCUT2D eigenvalue weighted by Crippen LogP contribution is -2.26. The number of rotatable bonds is 9. The van der Waals surface area contributed by atoms with E-state index in [0.717, 1.165) is 167 Å². The molecule has 0 saturated heterocycles. The van der Waals surface area contributed by atoms with Crippen molar-refractivity contribution in [1.82, 2.24) is 39.9 Å². The largest absolute Gasteiger partial charge is 0.278 e. The number of aromatic nitrogens is 8. The van der Waals surface area contributed by atoms with Gasteiger partial charge in [-0.15, -0.1) is 0 Å². The maximum absolute atomic E-state index is 5.69. The van der Waals surface area contributed by atoms with Crippen molar-refractivity contribution in [2.45, 2.75) is 19.3 Å². The molecule has 10 heteroatoms. The van der Waals surface area contributed by atoms with Gasteiger partial charge in [-0.2, -0.15) is 19.9 Å². The van der Waals surface area contributed by atoms with E-state index >= 15 is 0 Å². The van der Waals surface area contributed by atoms with E-state index in [-0.39, 0.29) is 0 Å². The summed E-state index contributed by atoms with van der Waals surface area (Å²) < 4.78 is 0. The van der Waals surface area contributed by atoms with Gasteiger partial charge in [0.25, 0.3) is 0 Å². The van der Waals surface area contributed by atoms with E-state index < -0.39 is 5.41 Å². The lowest BCUT2D eigenvalue weighted by molar-refractivity contribution is 0.794. The number of benzene rings is 13. The minimum Gasteiger partial charge on any atom is -0.278 e. The summed E-state index contributed by atoms with van der Waals surface area (Å²) in [5.41, 5.74) is 25.6. The van der Waals surface area contributed by atoms with Crippen LogP contribution in [0.4, 0.5) is 34.6 Å². The van der Waals surface area contributed by atoms with Crippen molar-refractivity contribution in [2.24, 2.45) is 0 Å². The third-order valence-electron chi connectivity index (χ3n) is 21.3. The van der Waals surface area contributed by atoms with Crippen molar-refractivity contribution >= 4 is 83.6 Å². The molecule has 17 aromatic rings. The Balaban J connectivity index is 0.783. The Morgan fingerprint density at radius 3 is 1.21 bits per heavy atom. The number of anilines is 6. The number of nitrogens with zero attached hydrogens (tertiary/aromatic N) is 10. The molecule has 2 aliphatic heterocycles. The molecular formula is C93H58N10. The second-order valence-electron chi connectivity index (χ2n) is 26.8. The predicted molar refractivity (Wildman–Crippen MR) is 418 cm³/mol. The molecule has 21 rings (SSSR count). The fourth-order valence-corrected chi connectivity index (χ4v) is 16.9. The topological polar surface area (TPSA) is 110 Å². The Labute approximate surface area is 593 Å². The monoisotopic (exact) mass is 1310 g/mol. The first-order chi connectivity index (χ1) is 51.0. The summed E-state index contributed by atoms with van der Waals surface area (Å²) in [5.74, 6) is 3.15. The van der Waals surface area contributed by atoms with E-state index in [2.05, 4.69) is 339 Å². The van der Waals surface area contributed by atoms with Gasteiger partial charge in [-0.05, 0) is 152 Å². The van der Waals surface area contributed by atoms with Crippen molar-refractivity contribution in [2.75, 3.05) is 9.80 Å². The third-order valence-corrected chi connectivity index (χ3v) is 21.3. The average molecular weight is 1320 g/mol. The van der Waals surface area contributed by atoms with Crippen molar-refractivity contribution in [1.29, 1.82) is 0 Å². The highest BCUT2D eigenvalue weighted by Gasteiger charge is 2.52. The van der Waals surface area contributed by atoms with Crippen LogP contribution in [0, 0.1) is 0 Å². The Morgan fingerprint density at radius 1 is 0.291 bits per heavy atom. The summed E-state index contributed by atoms with van der Waals surface area (Å²) in [6.07, 6.45) is 6.36. The molecule has 2 aliphatic carbocycles. The molecule has 0 radical (unpaired) electrons. The molecule has 0 fully saturated rings. The van der Waals surface area contributed by atoms with E-state index in [1.54, 1.807) is 0 Å². The van der Waals surface area contributed by atoms with Gasteiger partial charge in [0.15, 0.2) is 23.3 Å². The molecule has 10 nitrogen and oxygen atoms in total. The fourth-order valence-electron chi connectivity index (χ4n) is 16.9. The summed E-state index contributed by atoms with van der Waals surface area (Å²) in [6.45, 7) is 4.13. The van der Waals surface area contributed by atoms with Gasteiger partial charge in [-0.25, -0.2) is 19.9 Å². The molecule has 1 unspecified atom stereocenters. The van der Waals surface area contributed by atoms with E-state index in [9.17, 15) is 0 Å². The van der Waals surface area contributed by atoms with Crippen LogP contribution in [0.25, 0.3) is 150 Å². The summed E-state index contributed by atoms with van der Waals surface area (Å²) in [4.78, 5) is 48.9. The molecular weight excluding hydrogens is 1260 g/mol. The molecule has 480 valence electrons. The number of fused-ring (bicyclic) bond motifs is 18. The molecule has 1 atom stereocenters. The van der Waals surface area contributed by atoms with Gasteiger partial charge < -0.3 is 0 Å². The molecule has 1 spiro atoms. The quantitative estimate of drug-likeness (QED) is 0.102. The molecule has 6 heterocycles. The molecule has 13 aromatic carbocycles. The zero-order valence-corrected chi connectivity index (χ0v) is 56.0. The van der Waals surface area contributed by atoms with Crippen LogP contribution in [0.1, 0.15) is 41.7 Å². The molecule has 103 heavy (non-hydrogen) atoms. The summed E-state index contributed by atoms with van der Waals surface area (Å²) in [6, 6.07) is 106. The highest BCUT2D eigenvalue weighted by molar-refractivity contribution is 6.21.